The van der Waals surface area contributed by atoms with E-state index in [0.717, 1.165) is 36.8 Å². The van der Waals surface area contributed by atoms with Gasteiger partial charge in [0.15, 0.2) is 0 Å². The summed E-state index contributed by atoms with van der Waals surface area (Å²) < 4.78 is 10.9. The third-order valence-electron chi connectivity index (χ3n) is 2.39. The van der Waals surface area contributed by atoms with Gasteiger partial charge in [0.1, 0.15) is 5.01 Å². The van der Waals surface area contributed by atoms with Gasteiger partial charge in [-0.25, -0.2) is 4.98 Å². The van der Waals surface area contributed by atoms with Gasteiger partial charge in [-0.15, -0.1) is 11.3 Å². The third-order valence-corrected chi connectivity index (χ3v) is 3.29. The first-order valence-corrected chi connectivity index (χ1v) is 7.54. The molecule has 1 aromatic heterocycles. The highest BCUT2D eigenvalue weighted by molar-refractivity contribution is 7.09. The number of hydrogen-bond donors (Lipinski definition) is 1. The predicted molar refractivity (Wildman–Crippen MR) is 74.9 cm³/mol. The molecule has 18 heavy (non-hydrogen) atoms. The summed E-state index contributed by atoms with van der Waals surface area (Å²) in [4.78, 5) is 4.49. The van der Waals surface area contributed by atoms with Crippen molar-refractivity contribution in [2.75, 3.05) is 26.4 Å². The fraction of sp³-hybridized carbons (Fsp3) is 0.769. The second kappa shape index (κ2) is 10.4. The smallest absolute Gasteiger partial charge is 0.107 e. The number of ether oxygens (including phenoxy) is 2. The fourth-order valence-corrected chi connectivity index (χ4v) is 2.12. The Balaban J connectivity index is 2.03. The Kier molecular flexibility index (Phi) is 9.02. The van der Waals surface area contributed by atoms with Crippen LogP contribution >= 0.6 is 11.3 Å². The Morgan fingerprint density at radius 2 is 2.06 bits per heavy atom. The van der Waals surface area contributed by atoms with Crippen LogP contribution in [0, 0.1) is 0 Å². The molecule has 0 fully saturated rings. The highest BCUT2D eigenvalue weighted by Gasteiger charge is 2.01. The van der Waals surface area contributed by atoms with Crippen molar-refractivity contribution in [1.29, 1.82) is 0 Å². The Labute approximate surface area is 114 Å². The molecule has 0 atom stereocenters. The first kappa shape index (κ1) is 15.6. The zero-order valence-electron chi connectivity index (χ0n) is 11.4. The molecule has 4 nitrogen and oxygen atoms in total. The molecule has 1 rings (SSSR count). The first-order chi connectivity index (χ1) is 8.86. The van der Waals surface area contributed by atoms with Gasteiger partial charge in [0, 0.05) is 18.5 Å². The average molecular weight is 272 g/mol. The van der Waals surface area contributed by atoms with Crippen molar-refractivity contribution in [2.45, 2.75) is 39.8 Å². The van der Waals surface area contributed by atoms with E-state index in [1.807, 2.05) is 0 Å². The van der Waals surface area contributed by atoms with Crippen molar-refractivity contribution in [3.05, 3.63) is 16.1 Å². The molecular weight excluding hydrogens is 248 g/mol. The Hall–Kier alpha value is -0.490. The second-order valence-electron chi connectivity index (χ2n) is 4.03. The zero-order valence-corrected chi connectivity index (χ0v) is 12.2. The molecule has 1 heterocycles. The molecule has 1 aromatic rings. The fourth-order valence-electron chi connectivity index (χ4n) is 1.37. The van der Waals surface area contributed by atoms with Crippen molar-refractivity contribution in [1.82, 2.24) is 10.3 Å². The van der Waals surface area contributed by atoms with E-state index < -0.39 is 0 Å². The summed E-state index contributed by atoms with van der Waals surface area (Å²) in [5.41, 5.74) is 1.02. The maximum absolute atomic E-state index is 5.52. The molecule has 0 aliphatic rings. The third kappa shape index (κ3) is 7.06. The van der Waals surface area contributed by atoms with E-state index in [4.69, 9.17) is 9.47 Å². The van der Waals surface area contributed by atoms with Gasteiger partial charge in [0.05, 0.1) is 25.5 Å². The van der Waals surface area contributed by atoms with Gasteiger partial charge in [0.25, 0.3) is 0 Å². The molecule has 0 aliphatic carbocycles. The van der Waals surface area contributed by atoms with Gasteiger partial charge >= 0.3 is 0 Å². The van der Waals surface area contributed by atoms with Crippen LogP contribution in [0.5, 0.6) is 0 Å². The summed E-state index contributed by atoms with van der Waals surface area (Å²) in [7, 11) is 0. The zero-order chi connectivity index (χ0) is 13.1. The molecule has 0 aliphatic heterocycles. The number of rotatable bonds is 11. The highest BCUT2D eigenvalue weighted by atomic mass is 32.1. The van der Waals surface area contributed by atoms with Crippen molar-refractivity contribution >= 4 is 11.3 Å². The van der Waals surface area contributed by atoms with Gasteiger partial charge < -0.3 is 14.8 Å². The van der Waals surface area contributed by atoms with Crippen molar-refractivity contribution < 1.29 is 9.47 Å². The molecule has 0 aromatic carbocycles. The van der Waals surface area contributed by atoms with E-state index in [2.05, 4.69) is 29.5 Å². The van der Waals surface area contributed by atoms with E-state index in [-0.39, 0.29) is 0 Å². The SMILES string of the molecule is CCCCOCCOCc1csc(CNCC)n1. The van der Waals surface area contributed by atoms with Crippen LogP contribution < -0.4 is 5.32 Å². The number of unbranched alkanes of at least 4 members (excludes halogenated alkanes) is 1. The van der Waals surface area contributed by atoms with Crippen LogP contribution in [0.1, 0.15) is 37.4 Å². The monoisotopic (exact) mass is 272 g/mol. The standard InChI is InChI=1S/C13H24N2O2S/c1-3-5-6-16-7-8-17-10-12-11-18-13(15-12)9-14-4-2/h11,14H,3-10H2,1-2H3. The van der Waals surface area contributed by atoms with Crippen molar-refractivity contribution in [3.8, 4) is 0 Å². The lowest BCUT2D eigenvalue weighted by atomic mass is 10.4. The summed E-state index contributed by atoms with van der Waals surface area (Å²) >= 11 is 1.68. The molecule has 0 spiro atoms. The van der Waals surface area contributed by atoms with E-state index >= 15 is 0 Å². The number of hydrogen-bond acceptors (Lipinski definition) is 5. The number of aromatic nitrogens is 1. The maximum atomic E-state index is 5.52. The van der Waals surface area contributed by atoms with E-state index in [1.165, 1.54) is 6.42 Å². The molecule has 0 amide bonds. The summed E-state index contributed by atoms with van der Waals surface area (Å²) in [5.74, 6) is 0. The quantitative estimate of drug-likeness (QED) is 0.629. The Bertz CT molecular complexity index is 305. The molecule has 0 radical (unpaired) electrons. The Morgan fingerprint density at radius 1 is 1.22 bits per heavy atom. The lowest BCUT2D eigenvalue weighted by Crippen LogP contribution is -2.11. The molecular formula is C13H24N2O2S. The summed E-state index contributed by atoms with van der Waals surface area (Å²) in [6.45, 7) is 8.81. The minimum atomic E-state index is 0.583. The molecule has 0 bridgehead atoms. The molecule has 0 saturated heterocycles. The summed E-state index contributed by atoms with van der Waals surface area (Å²) in [5, 5.41) is 6.44. The van der Waals surface area contributed by atoms with Crippen LogP contribution in [-0.4, -0.2) is 31.3 Å². The van der Waals surface area contributed by atoms with Crippen LogP contribution in [0.4, 0.5) is 0 Å². The predicted octanol–water partition coefficient (Wildman–Crippen LogP) is 2.59. The largest absolute Gasteiger partial charge is 0.379 e. The first-order valence-electron chi connectivity index (χ1n) is 6.66. The van der Waals surface area contributed by atoms with Gasteiger partial charge in [-0.1, -0.05) is 20.3 Å². The minimum absolute atomic E-state index is 0.583. The van der Waals surface area contributed by atoms with E-state index in [1.54, 1.807) is 11.3 Å². The summed E-state index contributed by atoms with van der Waals surface area (Å²) in [6, 6.07) is 0. The minimum Gasteiger partial charge on any atom is -0.379 e. The molecule has 5 heteroatoms. The van der Waals surface area contributed by atoms with Gasteiger partial charge in [-0.3, -0.25) is 0 Å². The molecule has 0 saturated carbocycles. The molecule has 104 valence electrons. The number of nitrogens with zero attached hydrogens (tertiary/aromatic N) is 1. The number of nitrogens with one attached hydrogen (secondary N) is 1. The molecule has 1 N–H and O–H groups in total. The van der Waals surface area contributed by atoms with Crippen LogP contribution in [0.3, 0.4) is 0 Å². The van der Waals surface area contributed by atoms with Crippen LogP contribution in [0.25, 0.3) is 0 Å². The van der Waals surface area contributed by atoms with Crippen LogP contribution in [0.15, 0.2) is 5.38 Å². The maximum Gasteiger partial charge on any atom is 0.107 e. The second-order valence-corrected chi connectivity index (χ2v) is 4.97. The van der Waals surface area contributed by atoms with E-state index in [9.17, 15) is 0 Å². The van der Waals surface area contributed by atoms with Gasteiger partial charge in [-0.05, 0) is 13.0 Å². The number of thiazole rings is 1. The van der Waals surface area contributed by atoms with Crippen LogP contribution in [0.2, 0.25) is 0 Å². The summed E-state index contributed by atoms with van der Waals surface area (Å²) in [6.07, 6.45) is 2.30. The lowest BCUT2D eigenvalue weighted by molar-refractivity contribution is 0.0387. The van der Waals surface area contributed by atoms with Gasteiger partial charge in [0.2, 0.25) is 0 Å². The van der Waals surface area contributed by atoms with Gasteiger partial charge in [-0.2, -0.15) is 0 Å². The van der Waals surface area contributed by atoms with Crippen LogP contribution in [-0.2, 0) is 22.6 Å². The Morgan fingerprint density at radius 3 is 2.83 bits per heavy atom. The highest BCUT2D eigenvalue weighted by Crippen LogP contribution is 2.10. The molecule has 0 unspecified atom stereocenters. The van der Waals surface area contributed by atoms with E-state index in [0.29, 0.717) is 19.8 Å². The topological polar surface area (TPSA) is 43.4 Å². The lowest BCUT2D eigenvalue weighted by Gasteiger charge is -2.03. The van der Waals surface area contributed by atoms with Crippen molar-refractivity contribution in [3.63, 3.8) is 0 Å². The normalized spacial score (nSPS) is 11.0. The van der Waals surface area contributed by atoms with Crippen molar-refractivity contribution in [2.24, 2.45) is 0 Å². The average Bonchev–Trinajstić information content (AvgIpc) is 2.83.